The summed E-state index contributed by atoms with van der Waals surface area (Å²) in [5.74, 6) is 8.49. The van der Waals surface area contributed by atoms with E-state index in [0.29, 0.717) is 0 Å². The fourth-order valence-corrected chi connectivity index (χ4v) is 1.92. The minimum atomic E-state index is 0.813. The highest BCUT2D eigenvalue weighted by Crippen LogP contribution is 2.42. The summed E-state index contributed by atoms with van der Waals surface area (Å²) >= 11 is 0. The average molecular weight is 148 g/mol. The second kappa shape index (κ2) is 3.30. The van der Waals surface area contributed by atoms with E-state index in [1.165, 1.54) is 38.5 Å². The quantitative estimate of drug-likeness (QED) is 0.463. The third-order valence-corrected chi connectivity index (χ3v) is 2.84. The Balaban J connectivity index is 1.87. The van der Waals surface area contributed by atoms with E-state index in [0.717, 1.165) is 18.3 Å². The third-order valence-electron chi connectivity index (χ3n) is 2.84. The van der Waals surface area contributed by atoms with Crippen molar-refractivity contribution in [2.75, 3.05) is 0 Å². The predicted molar refractivity (Wildman–Crippen MR) is 47.1 cm³/mol. The molecule has 60 valence electrons. The van der Waals surface area contributed by atoms with Crippen LogP contribution in [-0.2, 0) is 0 Å². The molecule has 0 heteroatoms. The molecule has 0 heterocycles. The minimum absolute atomic E-state index is 0.813. The van der Waals surface area contributed by atoms with Crippen molar-refractivity contribution in [3.05, 3.63) is 0 Å². The van der Waals surface area contributed by atoms with Crippen molar-refractivity contribution in [3.8, 4) is 11.8 Å². The zero-order valence-electron chi connectivity index (χ0n) is 7.10. The van der Waals surface area contributed by atoms with Gasteiger partial charge in [-0.25, -0.2) is 0 Å². The molecule has 1 saturated carbocycles. The molecular formula is C11H16. The largest absolute Gasteiger partial charge is 0.103 e. The number of hydrogen-bond acceptors (Lipinski definition) is 0. The fraction of sp³-hybridized carbons (Fsp3) is 0.818. The second-order valence-corrected chi connectivity index (χ2v) is 3.88. The molecule has 2 atom stereocenters. The Bertz CT molecular complexity index is 182. The van der Waals surface area contributed by atoms with E-state index < -0.39 is 0 Å². The second-order valence-electron chi connectivity index (χ2n) is 3.88. The summed E-state index contributed by atoms with van der Waals surface area (Å²) in [5, 5.41) is 0. The first-order chi connectivity index (χ1) is 5.47. The Morgan fingerprint density at radius 2 is 1.91 bits per heavy atom. The van der Waals surface area contributed by atoms with Crippen LogP contribution < -0.4 is 0 Å². The van der Waals surface area contributed by atoms with Gasteiger partial charge in [0.2, 0.25) is 0 Å². The van der Waals surface area contributed by atoms with Crippen LogP contribution in [0.15, 0.2) is 0 Å². The van der Waals surface area contributed by atoms with Crippen LogP contribution in [0.3, 0.4) is 0 Å². The highest BCUT2D eigenvalue weighted by molar-refractivity contribution is 5.12. The highest BCUT2D eigenvalue weighted by atomic mass is 14.4. The molecular weight excluding hydrogens is 132 g/mol. The molecule has 2 aliphatic carbocycles. The topological polar surface area (TPSA) is 0 Å². The molecule has 0 aromatic rings. The summed E-state index contributed by atoms with van der Waals surface area (Å²) in [7, 11) is 0. The van der Waals surface area contributed by atoms with Gasteiger partial charge in [-0.1, -0.05) is 25.2 Å². The van der Waals surface area contributed by atoms with Crippen molar-refractivity contribution >= 4 is 0 Å². The van der Waals surface area contributed by atoms with E-state index in [1.54, 1.807) is 0 Å². The lowest BCUT2D eigenvalue weighted by molar-refractivity contribution is 0.577. The summed E-state index contributed by atoms with van der Waals surface area (Å²) < 4.78 is 0. The van der Waals surface area contributed by atoms with Crippen LogP contribution in [0.25, 0.3) is 0 Å². The van der Waals surface area contributed by atoms with E-state index in [1.807, 2.05) is 0 Å². The van der Waals surface area contributed by atoms with Crippen molar-refractivity contribution in [2.45, 2.75) is 44.9 Å². The lowest BCUT2D eigenvalue weighted by atomic mass is 10.1. The predicted octanol–water partition coefficient (Wildman–Crippen LogP) is 2.98. The Labute approximate surface area is 69.4 Å². The van der Waals surface area contributed by atoms with Gasteiger partial charge in [0.25, 0.3) is 0 Å². The van der Waals surface area contributed by atoms with E-state index >= 15 is 0 Å². The lowest BCUT2D eigenvalue weighted by Gasteiger charge is -1.99. The molecule has 0 saturated heterocycles. The van der Waals surface area contributed by atoms with Crippen LogP contribution in [0.1, 0.15) is 44.9 Å². The van der Waals surface area contributed by atoms with Gasteiger partial charge in [-0.3, -0.25) is 0 Å². The molecule has 11 heavy (non-hydrogen) atoms. The summed E-state index contributed by atoms with van der Waals surface area (Å²) in [4.78, 5) is 0. The fourth-order valence-electron chi connectivity index (χ4n) is 1.92. The van der Waals surface area contributed by atoms with Gasteiger partial charge < -0.3 is 0 Å². The van der Waals surface area contributed by atoms with Crippen LogP contribution in [0.5, 0.6) is 0 Å². The standard InChI is InChI=1S/C11H16/c1-2-4-6-8-11-9-10(11)7-5-3-1/h10-11H,1-5,7,9H2/t10-,11+/m0/s1. The molecule has 0 unspecified atom stereocenters. The number of rotatable bonds is 0. The van der Waals surface area contributed by atoms with Crippen LogP contribution in [-0.4, -0.2) is 0 Å². The van der Waals surface area contributed by atoms with Crippen LogP contribution in [0.4, 0.5) is 0 Å². The summed E-state index contributed by atoms with van der Waals surface area (Å²) in [6.07, 6.45) is 9.68. The van der Waals surface area contributed by atoms with Gasteiger partial charge in [-0.05, 0) is 25.2 Å². The Kier molecular flexibility index (Phi) is 2.17. The van der Waals surface area contributed by atoms with E-state index in [-0.39, 0.29) is 0 Å². The zero-order chi connectivity index (χ0) is 7.52. The van der Waals surface area contributed by atoms with Gasteiger partial charge >= 0.3 is 0 Å². The Morgan fingerprint density at radius 3 is 2.91 bits per heavy atom. The first-order valence-electron chi connectivity index (χ1n) is 4.95. The van der Waals surface area contributed by atoms with Crippen molar-refractivity contribution < 1.29 is 0 Å². The van der Waals surface area contributed by atoms with Gasteiger partial charge in [0.15, 0.2) is 0 Å². The Hall–Kier alpha value is -0.440. The number of fused-ring (bicyclic) bond motifs is 1. The molecule has 0 radical (unpaired) electrons. The van der Waals surface area contributed by atoms with Gasteiger partial charge in [-0.2, -0.15) is 0 Å². The molecule has 0 bridgehead atoms. The summed E-state index contributed by atoms with van der Waals surface area (Å²) in [5.41, 5.74) is 0. The van der Waals surface area contributed by atoms with Crippen LogP contribution in [0, 0.1) is 23.7 Å². The smallest absolute Gasteiger partial charge is 0.0234 e. The molecule has 0 spiro atoms. The third kappa shape index (κ3) is 1.99. The average Bonchev–Trinajstić information content (AvgIpc) is 2.76. The van der Waals surface area contributed by atoms with Crippen molar-refractivity contribution in [2.24, 2.45) is 11.8 Å². The SMILES string of the molecule is C1#C[C@@H]2C[C@@H]2CCCCCC1. The van der Waals surface area contributed by atoms with Crippen molar-refractivity contribution in [1.82, 2.24) is 0 Å². The number of hydrogen-bond donors (Lipinski definition) is 0. The molecule has 0 N–H and O–H groups in total. The van der Waals surface area contributed by atoms with E-state index in [4.69, 9.17) is 0 Å². The van der Waals surface area contributed by atoms with Gasteiger partial charge in [0, 0.05) is 12.3 Å². The van der Waals surface area contributed by atoms with Crippen molar-refractivity contribution in [3.63, 3.8) is 0 Å². The molecule has 0 aromatic carbocycles. The van der Waals surface area contributed by atoms with E-state index in [2.05, 4.69) is 11.8 Å². The maximum atomic E-state index is 3.38. The molecule has 2 rings (SSSR count). The molecule has 0 nitrogen and oxygen atoms in total. The normalized spacial score (nSPS) is 36.4. The maximum Gasteiger partial charge on any atom is 0.0234 e. The van der Waals surface area contributed by atoms with Crippen LogP contribution in [0.2, 0.25) is 0 Å². The monoisotopic (exact) mass is 148 g/mol. The molecule has 0 amide bonds. The Morgan fingerprint density at radius 1 is 1.00 bits per heavy atom. The first kappa shape index (κ1) is 7.22. The molecule has 0 aliphatic heterocycles. The molecule has 0 aromatic heterocycles. The van der Waals surface area contributed by atoms with Crippen LogP contribution >= 0.6 is 0 Å². The van der Waals surface area contributed by atoms with Gasteiger partial charge in [-0.15, -0.1) is 5.92 Å². The first-order valence-corrected chi connectivity index (χ1v) is 4.95. The van der Waals surface area contributed by atoms with Gasteiger partial charge in [0.1, 0.15) is 0 Å². The molecule has 1 fully saturated rings. The minimum Gasteiger partial charge on any atom is -0.103 e. The lowest BCUT2D eigenvalue weighted by Crippen LogP contribution is -1.85. The zero-order valence-corrected chi connectivity index (χ0v) is 7.10. The summed E-state index contributed by atoms with van der Waals surface area (Å²) in [6.45, 7) is 0. The maximum absolute atomic E-state index is 3.38. The van der Waals surface area contributed by atoms with Crippen molar-refractivity contribution in [1.29, 1.82) is 0 Å². The van der Waals surface area contributed by atoms with Gasteiger partial charge in [0.05, 0.1) is 0 Å². The summed E-state index contributed by atoms with van der Waals surface area (Å²) in [6, 6.07) is 0. The van der Waals surface area contributed by atoms with E-state index in [9.17, 15) is 0 Å². The molecule has 2 aliphatic rings. The highest BCUT2D eigenvalue weighted by Gasteiger charge is 2.34.